The number of anilines is 2. The molecule has 200 valence electrons. The summed E-state index contributed by atoms with van der Waals surface area (Å²) in [5.74, 6) is -1.34. The monoisotopic (exact) mass is 520 g/mol. The number of carbonyl (C=O) groups is 1. The average molecular weight is 521 g/mol. The summed E-state index contributed by atoms with van der Waals surface area (Å²) in [4.78, 5) is 27.6. The molecule has 1 aromatic carbocycles. The zero-order valence-corrected chi connectivity index (χ0v) is 20.7. The number of amides is 2. The lowest BCUT2D eigenvalue weighted by Crippen LogP contribution is -2.37. The topological polar surface area (TPSA) is 101 Å². The Bertz CT molecular complexity index is 1080. The normalized spacial score (nSPS) is 18.4. The summed E-state index contributed by atoms with van der Waals surface area (Å²) in [5, 5.41) is 9.17. The van der Waals surface area contributed by atoms with Gasteiger partial charge in [-0.2, -0.15) is 0 Å². The van der Waals surface area contributed by atoms with E-state index in [0.717, 1.165) is 37.0 Å². The Hall–Kier alpha value is -3.41. The molecule has 0 atom stereocenters. The summed E-state index contributed by atoms with van der Waals surface area (Å²) in [6.07, 6.45) is 6.30. The standard InChI is InChI=1S/C25H31F3N6O3/c1-36-11-8-29-25(35)32-23-13-21(27)20(12-22(23)28)16-2-4-18(5-3-16)33-37-19-6-9-34(10-7-19)24-30-14-17(26)15-31-24/h12-16,19H,2-11H2,1H3,(H2,29,32,35). The molecule has 1 saturated carbocycles. The molecule has 0 spiro atoms. The van der Waals surface area contributed by atoms with Gasteiger partial charge in [0.15, 0.2) is 5.82 Å². The van der Waals surface area contributed by atoms with Crippen LogP contribution in [0.5, 0.6) is 0 Å². The molecule has 9 nitrogen and oxygen atoms in total. The van der Waals surface area contributed by atoms with Crippen LogP contribution >= 0.6 is 0 Å². The first kappa shape index (κ1) is 26.6. The van der Waals surface area contributed by atoms with E-state index in [1.807, 2.05) is 4.90 Å². The predicted molar refractivity (Wildman–Crippen MR) is 132 cm³/mol. The molecule has 1 saturated heterocycles. The van der Waals surface area contributed by atoms with Gasteiger partial charge in [-0.15, -0.1) is 0 Å². The van der Waals surface area contributed by atoms with Gasteiger partial charge in [-0.3, -0.25) is 0 Å². The lowest BCUT2D eigenvalue weighted by molar-refractivity contribution is 0.0406. The van der Waals surface area contributed by atoms with Gasteiger partial charge >= 0.3 is 6.03 Å². The van der Waals surface area contributed by atoms with Crippen LogP contribution in [0.25, 0.3) is 0 Å². The summed E-state index contributed by atoms with van der Waals surface area (Å²) in [6, 6.07) is 1.56. The van der Waals surface area contributed by atoms with Crippen LogP contribution in [-0.4, -0.2) is 61.2 Å². The number of methoxy groups -OCH3 is 1. The molecule has 2 heterocycles. The van der Waals surface area contributed by atoms with Crippen molar-refractivity contribution in [3.63, 3.8) is 0 Å². The number of hydrogen-bond donors (Lipinski definition) is 2. The van der Waals surface area contributed by atoms with Crippen LogP contribution in [0.3, 0.4) is 0 Å². The molecule has 2 N–H and O–H groups in total. The van der Waals surface area contributed by atoms with E-state index < -0.39 is 23.5 Å². The van der Waals surface area contributed by atoms with Crippen LogP contribution in [0.4, 0.5) is 29.6 Å². The molecule has 2 aromatic rings. The Balaban J connectivity index is 1.24. The first-order valence-corrected chi connectivity index (χ1v) is 12.4. The molecule has 0 bridgehead atoms. The van der Waals surface area contributed by atoms with E-state index >= 15 is 0 Å². The first-order chi connectivity index (χ1) is 17.9. The molecule has 1 aliphatic carbocycles. The van der Waals surface area contributed by atoms with Crippen molar-refractivity contribution in [3.8, 4) is 0 Å². The van der Waals surface area contributed by atoms with E-state index in [9.17, 15) is 18.0 Å². The third kappa shape index (κ3) is 7.31. The van der Waals surface area contributed by atoms with E-state index in [4.69, 9.17) is 9.57 Å². The molecule has 0 radical (unpaired) electrons. The number of rotatable bonds is 8. The zero-order valence-electron chi connectivity index (χ0n) is 20.7. The molecule has 1 aliphatic heterocycles. The summed E-state index contributed by atoms with van der Waals surface area (Å²) in [5.41, 5.74) is 1.00. The minimum absolute atomic E-state index is 0.0276. The number of benzene rings is 1. The second kappa shape index (κ2) is 12.7. The third-order valence-electron chi connectivity index (χ3n) is 6.59. The van der Waals surface area contributed by atoms with Crippen LogP contribution in [0.2, 0.25) is 0 Å². The van der Waals surface area contributed by atoms with E-state index in [0.29, 0.717) is 56.9 Å². The molecule has 37 heavy (non-hydrogen) atoms. The Morgan fingerprint density at radius 1 is 1.08 bits per heavy atom. The Labute approximate surface area is 213 Å². The van der Waals surface area contributed by atoms with Gasteiger partial charge in [0.25, 0.3) is 0 Å². The van der Waals surface area contributed by atoms with Crippen molar-refractivity contribution in [1.29, 1.82) is 0 Å². The summed E-state index contributed by atoms with van der Waals surface area (Å²) >= 11 is 0. The van der Waals surface area contributed by atoms with Crippen molar-refractivity contribution in [1.82, 2.24) is 15.3 Å². The van der Waals surface area contributed by atoms with Gasteiger partial charge < -0.3 is 25.1 Å². The quantitative estimate of drug-likeness (QED) is 0.396. The first-order valence-electron chi connectivity index (χ1n) is 12.4. The SMILES string of the molecule is COCCNC(=O)Nc1cc(F)c(C2CCC(=NOC3CCN(c4ncc(F)cn4)CC3)CC2)cc1F. The highest BCUT2D eigenvalue weighted by Gasteiger charge is 2.26. The number of carbonyl (C=O) groups excluding carboxylic acids is 1. The molecule has 4 rings (SSSR count). The number of nitrogens with one attached hydrogen (secondary N) is 2. The number of nitrogens with zero attached hydrogens (tertiary/aromatic N) is 4. The van der Waals surface area contributed by atoms with Crippen molar-refractivity contribution in [2.24, 2.45) is 5.16 Å². The molecule has 2 fully saturated rings. The predicted octanol–water partition coefficient (Wildman–Crippen LogP) is 4.36. The number of piperidine rings is 1. The maximum Gasteiger partial charge on any atom is 0.319 e. The van der Waals surface area contributed by atoms with E-state index in [2.05, 4.69) is 25.8 Å². The largest absolute Gasteiger partial charge is 0.392 e. The Morgan fingerprint density at radius 2 is 1.78 bits per heavy atom. The average Bonchev–Trinajstić information content (AvgIpc) is 2.91. The molecule has 2 amide bonds. The van der Waals surface area contributed by atoms with Crippen molar-refractivity contribution >= 4 is 23.4 Å². The number of oxime groups is 1. The van der Waals surface area contributed by atoms with Crippen LogP contribution in [-0.2, 0) is 9.57 Å². The van der Waals surface area contributed by atoms with E-state index in [1.165, 1.54) is 13.2 Å². The van der Waals surface area contributed by atoms with E-state index in [-0.39, 0.29) is 24.3 Å². The van der Waals surface area contributed by atoms with E-state index in [1.54, 1.807) is 0 Å². The van der Waals surface area contributed by atoms with Gasteiger partial charge in [-0.05, 0) is 43.2 Å². The molecule has 12 heteroatoms. The van der Waals surface area contributed by atoms with Crippen LogP contribution in [0.1, 0.15) is 50.0 Å². The fraction of sp³-hybridized carbons (Fsp3) is 0.520. The molecular weight excluding hydrogens is 489 g/mol. The minimum Gasteiger partial charge on any atom is -0.392 e. The van der Waals surface area contributed by atoms with Gasteiger partial charge in [0.1, 0.15) is 17.7 Å². The maximum absolute atomic E-state index is 14.8. The van der Waals surface area contributed by atoms with Crippen LogP contribution in [0.15, 0.2) is 29.7 Å². The van der Waals surface area contributed by atoms with Gasteiger partial charge in [-0.25, -0.2) is 27.9 Å². The van der Waals surface area contributed by atoms with Crippen molar-refractivity contribution < 1.29 is 27.5 Å². The van der Waals surface area contributed by atoms with Crippen LogP contribution < -0.4 is 15.5 Å². The summed E-state index contributed by atoms with van der Waals surface area (Å²) < 4.78 is 47.2. The maximum atomic E-state index is 14.8. The molecular formula is C25H31F3N6O3. The van der Waals surface area contributed by atoms with Gasteiger partial charge in [0.2, 0.25) is 5.95 Å². The number of hydrogen-bond acceptors (Lipinski definition) is 7. The second-order valence-electron chi connectivity index (χ2n) is 9.15. The molecule has 1 aromatic heterocycles. The number of halogens is 3. The highest BCUT2D eigenvalue weighted by molar-refractivity contribution is 5.89. The van der Waals surface area contributed by atoms with Gasteiger partial charge in [0, 0.05) is 45.7 Å². The fourth-order valence-electron chi connectivity index (χ4n) is 4.54. The number of urea groups is 1. The third-order valence-corrected chi connectivity index (χ3v) is 6.59. The molecule has 0 unspecified atom stereocenters. The van der Waals surface area contributed by atoms with Crippen molar-refractivity contribution in [2.45, 2.75) is 50.5 Å². The highest BCUT2D eigenvalue weighted by Crippen LogP contribution is 2.35. The lowest BCUT2D eigenvalue weighted by atomic mass is 9.83. The van der Waals surface area contributed by atoms with Crippen LogP contribution in [0, 0.1) is 17.5 Å². The fourth-order valence-corrected chi connectivity index (χ4v) is 4.54. The summed E-state index contributed by atoms with van der Waals surface area (Å²) in [6.45, 7) is 1.94. The highest BCUT2D eigenvalue weighted by atomic mass is 19.1. The Kier molecular flexibility index (Phi) is 9.15. The lowest BCUT2D eigenvalue weighted by Gasteiger charge is -2.31. The molecule has 2 aliphatic rings. The minimum atomic E-state index is -0.682. The Morgan fingerprint density at radius 3 is 2.46 bits per heavy atom. The number of aromatic nitrogens is 2. The second-order valence-corrected chi connectivity index (χ2v) is 9.15. The van der Waals surface area contributed by atoms with Crippen molar-refractivity contribution in [3.05, 3.63) is 47.5 Å². The van der Waals surface area contributed by atoms with Crippen molar-refractivity contribution in [2.75, 3.05) is 43.6 Å². The summed E-state index contributed by atoms with van der Waals surface area (Å²) in [7, 11) is 1.50. The smallest absolute Gasteiger partial charge is 0.319 e. The number of ether oxygens (including phenoxy) is 1. The van der Waals surface area contributed by atoms with Gasteiger partial charge in [0.05, 0.1) is 30.4 Å². The zero-order chi connectivity index (χ0) is 26.2. The van der Waals surface area contributed by atoms with Gasteiger partial charge in [-0.1, -0.05) is 5.16 Å².